The van der Waals surface area contributed by atoms with Crippen LogP contribution in [0, 0.1) is 13.8 Å². The summed E-state index contributed by atoms with van der Waals surface area (Å²) in [6.07, 6.45) is 3.79. The van der Waals surface area contributed by atoms with Gasteiger partial charge >= 0.3 is 0 Å². The molecule has 2 aromatic rings. The van der Waals surface area contributed by atoms with Crippen molar-refractivity contribution >= 4 is 27.7 Å². The van der Waals surface area contributed by atoms with E-state index < -0.39 is 17.9 Å². The zero-order valence-corrected chi connectivity index (χ0v) is 20.2. The molecular formula is C24H31BrN2O4. The van der Waals surface area contributed by atoms with E-state index in [9.17, 15) is 9.59 Å². The highest BCUT2D eigenvalue weighted by Crippen LogP contribution is 2.28. The van der Waals surface area contributed by atoms with Crippen molar-refractivity contribution < 1.29 is 19.1 Å². The maximum absolute atomic E-state index is 12.3. The molecule has 2 aromatic carbocycles. The molecule has 2 N–H and O–H groups in total. The van der Waals surface area contributed by atoms with Gasteiger partial charge < -0.3 is 9.47 Å². The summed E-state index contributed by atoms with van der Waals surface area (Å²) in [5.74, 6) is 0.523. The van der Waals surface area contributed by atoms with E-state index in [-0.39, 0.29) is 0 Å². The predicted octanol–water partition coefficient (Wildman–Crippen LogP) is 5.25. The molecule has 1 unspecified atom stereocenters. The SMILES string of the molecule is CCCCCCOc1ccc(C(=O)NNC(=O)C(C)Oc2c(C)cc(Br)cc2C)cc1. The topological polar surface area (TPSA) is 76.7 Å². The molecule has 0 bridgehead atoms. The average Bonchev–Trinajstić information content (AvgIpc) is 2.74. The molecule has 0 heterocycles. The highest BCUT2D eigenvalue weighted by Gasteiger charge is 2.18. The van der Waals surface area contributed by atoms with Crippen LogP contribution in [-0.4, -0.2) is 24.5 Å². The van der Waals surface area contributed by atoms with Crippen molar-refractivity contribution in [1.29, 1.82) is 0 Å². The molecule has 0 aliphatic carbocycles. The molecule has 2 amide bonds. The van der Waals surface area contributed by atoms with Crippen LogP contribution in [0.4, 0.5) is 0 Å². The minimum Gasteiger partial charge on any atom is -0.494 e. The number of hydrogen-bond acceptors (Lipinski definition) is 4. The third kappa shape index (κ3) is 7.90. The zero-order valence-electron chi connectivity index (χ0n) is 18.6. The van der Waals surface area contributed by atoms with Gasteiger partial charge in [0.05, 0.1) is 6.61 Å². The second-order valence-corrected chi connectivity index (χ2v) is 8.42. The lowest BCUT2D eigenvalue weighted by atomic mass is 10.1. The Morgan fingerprint density at radius 3 is 2.26 bits per heavy atom. The number of halogens is 1. The molecule has 0 spiro atoms. The van der Waals surface area contributed by atoms with Crippen LogP contribution < -0.4 is 20.3 Å². The van der Waals surface area contributed by atoms with Gasteiger partial charge in [0.1, 0.15) is 11.5 Å². The second-order valence-electron chi connectivity index (χ2n) is 7.51. The summed E-state index contributed by atoms with van der Waals surface area (Å²) in [5, 5.41) is 0. The van der Waals surface area contributed by atoms with Crippen LogP contribution in [0.3, 0.4) is 0 Å². The number of aryl methyl sites for hydroxylation is 2. The van der Waals surface area contributed by atoms with Gasteiger partial charge in [0.15, 0.2) is 6.10 Å². The second kappa shape index (κ2) is 12.3. The predicted molar refractivity (Wildman–Crippen MR) is 125 cm³/mol. The molecule has 0 saturated carbocycles. The fourth-order valence-electron chi connectivity index (χ4n) is 3.03. The third-order valence-corrected chi connectivity index (χ3v) is 5.23. The summed E-state index contributed by atoms with van der Waals surface area (Å²) < 4.78 is 12.4. The van der Waals surface area contributed by atoms with Crippen molar-refractivity contribution in [3.05, 3.63) is 57.6 Å². The number of amides is 2. The Bertz CT molecular complexity index is 861. The number of ether oxygens (including phenoxy) is 2. The number of rotatable bonds is 10. The van der Waals surface area contributed by atoms with Gasteiger partial charge in [-0.3, -0.25) is 20.4 Å². The van der Waals surface area contributed by atoms with Crippen LogP contribution in [0.2, 0.25) is 0 Å². The standard InChI is InChI=1S/C24H31BrN2O4/c1-5-6-7-8-13-30-21-11-9-19(10-12-21)24(29)27-26-23(28)18(4)31-22-16(2)14-20(25)15-17(22)3/h9-12,14-15,18H,5-8,13H2,1-4H3,(H,26,28)(H,27,29). The molecule has 0 aliphatic rings. The Kier molecular flexibility index (Phi) is 9.85. The van der Waals surface area contributed by atoms with Crippen LogP contribution in [0.15, 0.2) is 40.9 Å². The molecule has 0 saturated heterocycles. The Labute approximate surface area is 192 Å². The smallest absolute Gasteiger partial charge is 0.279 e. The van der Waals surface area contributed by atoms with Crippen molar-refractivity contribution in [2.75, 3.05) is 6.61 Å². The molecule has 2 rings (SSSR count). The zero-order chi connectivity index (χ0) is 22.8. The lowest BCUT2D eigenvalue weighted by Gasteiger charge is -2.18. The molecule has 7 heteroatoms. The van der Waals surface area contributed by atoms with E-state index in [1.165, 1.54) is 12.8 Å². The van der Waals surface area contributed by atoms with Crippen LogP contribution in [0.1, 0.15) is 61.0 Å². The van der Waals surface area contributed by atoms with Gasteiger partial charge in [-0.05, 0) is 74.7 Å². The van der Waals surface area contributed by atoms with Gasteiger partial charge in [0.2, 0.25) is 0 Å². The summed E-state index contributed by atoms with van der Waals surface area (Å²) >= 11 is 3.44. The van der Waals surface area contributed by atoms with E-state index in [2.05, 4.69) is 33.7 Å². The Morgan fingerprint density at radius 1 is 1.00 bits per heavy atom. The molecule has 0 radical (unpaired) electrons. The average molecular weight is 491 g/mol. The van der Waals surface area contributed by atoms with Crippen molar-refractivity contribution in [1.82, 2.24) is 10.9 Å². The van der Waals surface area contributed by atoms with Gasteiger partial charge in [-0.1, -0.05) is 42.1 Å². The van der Waals surface area contributed by atoms with Crippen molar-refractivity contribution in [2.45, 2.75) is 59.5 Å². The lowest BCUT2D eigenvalue weighted by Crippen LogP contribution is -2.47. The van der Waals surface area contributed by atoms with Gasteiger partial charge in [0.25, 0.3) is 11.8 Å². The largest absolute Gasteiger partial charge is 0.494 e. The first-order valence-electron chi connectivity index (χ1n) is 10.6. The van der Waals surface area contributed by atoms with E-state index in [1.54, 1.807) is 31.2 Å². The van der Waals surface area contributed by atoms with E-state index in [4.69, 9.17) is 9.47 Å². The summed E-state index contributed by atoms with van der Waals surface area (Å²) in [4.78, 5) is 24.6. The fourth-order valence-corrected chi connectivity index (χ4v) is 3.71. The highest BCUT2D eigenvalue weighted by molar-refractivity contribution is 9.10. The molecule has 31 heavy (non-hydrogen) atoms. The van der Waals surface area contributed by atoms with Crippen LogP contribution >= 0.6 is 15.9 Å². The summed E-state index contributed by atoms with van der Waals surface area (Å²) in [6, 6.07) is 10.7. The lowest BCUT2D eigenvalue weighted by molar-refractivity contribution is -0.128. The molecule has 0 aromatic heterocycles. The number of unbranched alkanes of at least 4 members (excludes halogenated alkanes) is 3. The number of hydrogen-bond donors (Lipinski definition) is 2. The van der Waals surface area contributed by atoms with E-state index in [0.29, 0.717) is 17.9 Å². The summed E-state index contributed by atoms with van der Waals surface area (Å²) in [5.41, 5.74) is 7.10. The minimum atomic E-state index is -0.776. The molecule has 6 nitrogen and oxygen atoms in total. The maximum atomic E-state index is 12.3. The van der Waals surface area contributed by atoms with Crippen molar-refractivity contribution in [3.63, 3.8) is 0 Å². The van der Waals surface area contributed by atoms with Crippen molar-refractivity contribution in [3.8, 4) is 11.5 Å². The van der Waals surface area contributed by atoms with Gasteiger partial charge in [-0.15, -0.1) is 0 Å². The summed E-state index contributed by atoms with van der Waals surface area (Å²) in [6.45, 7) is 8.30. The van der Waals surface area contributed by atoms with E-state index in [0.717, 1.165) is 34.2 Å². The van der Waals surface area contributed by atoms with Gasteiger partial charge in [-0.25, -0.2) is 0 Å². The molecule has 168 valence electrons. The van der Waals surface area contributed by atoms with Crippen molar-refractivity contribution in [2.24, 2.45) is 0 Å². The quantitative estimate of drug-likeness (QED) is 0.352. The number of carbonyl (C=O) groups excluding carboxylic acids is 2. The van der Waals surface area contributed by atoms with E-state index in [1.807, 2.05) is 26.0 Å². The Hall–Kier alpha value is -2.54. The third-order valence-electron chi connectivity index (χ3n) is 4.77. The molecule has 0 fully saturated rings. The Balaban J connectivity index is 1.81. The fraction of sp³-hybridized carbons (Fsp3) is 0.417. The van der Waals surface area contributed by atoms with Crippen LogP contribution in [0.5, 0.6) is 11.5 Å². The number of benzene rings is 2. The number of carbonyl (C=O) groups is 2. The maximum Gasteiger partial charge on any atom is 0.279 e. The number of hydrazine groups is 1. The van der Waals surface area contributed by atoms with E-state index >= 15 is 0 Å². The monoisotopic (exact) mass is 490 g/mol. The first kappa shape index (κ1) is 24.7. The molecular weight excluding hydrogens is 460 g/mol. The Morgan fingerprint density at radius 2 is 1.65 bits per heavy atom. The first-order chi connectivity index (χ1) is 14.8. The normalized spacial score (nSPS) is 11.5. The summed E-state index contributed by atoms with van der Waals surface area (Å²) in [7, 11) is 0. The number of nitrogens with one attached hydrogen (secondary N) is 2. The van der Waals surface area contributed by atoms with Gasteiger partial charge in [-0.2, -0.15) is 0 Å². The van der Waals surface area contributed by atoms with Crippen LogP contribution in [-0.2, 0) is 4.79 Å². The highest BCUT2D eigenvalue weighted by atomic mass is 79.9. The van der Waals surface area contributed by atoms with Gasteiger partial charge in [0, 0.05) is 10.0 Å². The molecule has 0 aliphatic heterocycles. The van der Waals surface area contributed by atoms with Crippen LogP contribution in [0.25, 0.3) is 0 Å². The molecule has 1 atom stereocenters. The minimum absolute atomic E-state index is 0.411. The first-order valence-corrected chi connectivity index (χ1v) is 11.4.